The molecular weight excluding hydrogens is 346 g/mol. The highest BCUT2D eigenvalue weighted by Gasteiger charge is 2.34. The Hall–Kier alpha value is -1.37. The van der Waals surface area contributed by atoms with Gasteiger partial charge in [-0.25, -0.2) is 0 Å². The smallest absolute Gasteiger partial charge is 0.285 e. The number of aryl methyl sites for hydroxylation is 2. The number of piperidine rings is 1. The molecule has 132 valence electrons. The molecule has 7 heteroatoms. The van der Waals surface area contributed by atoms with E-state index in [0.717, 1.165) is 48.2 Å². The van der Waals surface area contributed by atoms with Crippen LogP contribution in [0, 0.1) is 13.8 Å². The van der Waals surface area contributed by atoms with Gasteiger partial charge in [-0.3, -0.25) is 0 Å². The summed E-state index contributed by atoms with van der Waals surface area (Å²) in [5.41, 5.74) is 9.62. The van der Waals surface area contributed by atoms with Crippen LogP contribution in [0.4, 0.5) is 0 Å². The molecule has 0 spiro atoms. The van der Waals surface area contributed by atoms with E-state index in [2.05, 4.69) is 4.40 Å². The lowest BCUT2D eigenvalue weighted by Gasteiger charge is -2.31. The quantitative estimate of drug-likeness (QED) is 0.825. The Morgan fingerprint density at radius 3 is 2.33 bits per heavy atom. The van der Waals surface area contributed by atoms with Crippen molar-refractivity contribution < 1.29 is 8.42 Å². The average Bonchev–Trinajstić information content (AvgIpc) is 2.73. The van der Waals surface area contributed by atoms with Crippen LogP contribution in [-0.4, -0.2) is 38.3 Å². The van der Waals surface area contributed by atoms with Crippen LogP contribution >= 0.6 is 12.4 Å². The van der Waals surface area contributed by atoms with Gasteiger partial charge in [0.25, 0.3) is 10.0 Å². The highest BCUT2D eigenvalue weighted by molar-refractivity contribution is 8.00. The lowest BCUT2D eigenvalue weighted by atomic mass is 10.0. The Kier molecular flexibility index (Phi) is 5.42. The molecule has 2 aliphatic heterocycles. The van der Waals surface area contributed by atoms with E-state index in [1.165, 1.54) is 0 Å². The lowest BCUT2D eigenvalue weighted by molar-refractivity contribution is 0.314. The highest BCUT2D eigenvalue weighted by Crippen LogP contribution is 2.34. The molecule has 0 saturated carbocycles. The fraction of sp³-hybridized carbons (Fsp3) is 0.471. The van der Waals surface area contributed by atoms with Crippen molar-refractivity contribution >= 4 is 33.2 Å². The van der Waals surface area contributed by atoms with Crippen LogP contribution in [0.2, 0.25) is 0 Å². The number of likely N-dealkylation sites (tertiary alicyclic amines) is 1. The summed E-state index contributed by atoms with van der Waals surface area (Å²) in [4.78, 5) is 2.38. The first kappa shape index (κ1) is 19.0. The number of amidine groups is 1. The molecule has 1 fully saturated rings. The minimum atomic E-state index is -3.64. The molecule has 1 aromatic carbocycles. The Bertz CT molecular complexity index is 807. The third-order valence-corrected chi connectivity index (χ3v) is 6.22. The first-order valence-electron chi connectivity index (χ1n) is 7.94. The Balaban J connectivity index is 0.00000208. The first-order valence-corrected chi connectivity index (χ1v) is 9.38. The summed E-state index contributed by atoms with van der Waals surface area (Å²) < 4.78 is 29.2. The van der Waals surface area contributed by atoms with Gasteiger partial charge in [0.1, 0.15) is 10.7 Å². The summed E-state index contributed by atoms with van der Waals surface area (Å²) in [6, 6.07) is 5.95. The minimum absolute atomic E-state index is 0. The van der Waals surface area contributed by atoms with Gasteiger partial charge >= 0.3 is 0 Å². The van der Waals surface area contributed by atoms with E-state index < -0.39 is 10.0 Å². The number of hydrogen-bond acceptors (Lipinski definition) is 4. The highest BCUT2D eigenvalue weighted by atomic mass is 35.5. The van der Waals surface area contributed by atoms with Crippen molar-refractivity contribution in [3.8, 4) is 0 Å². The van der Waals surface area contributed by atoms with Crippen molar-refractivity contribution in [3.05, 3.63) is 40.5 Å². The zero-order valence-corrected chi connectivity index (χ0v) is 15.9. The summed E-state index contributed by atoms with van der Waals surface area (Å²) in [7, 11) is -3.64. The van der Waals surface area contributed by atoms with Gasteiger partial charge in [-0.05, 0) is 50.3 Å². The molecule has 0 unspecified atom stereocenters. The van der Waals surface area contributed by atoms with Crippen LogP contribution in [0.15, 0.2) is 28.2 Å². The Morgan fingerprint density at radius 2 is 1.75 bits per heavy atom. The van der Waals surface area contributed by atoms with E-state index in [9.17, 15) is 8.42 Å². The SMILES string of the molecule is CC1=C(c2ccc(C)c(C)c2)S(=O)(=O)N=C1N1CCC(N)CC1.Cl. The molecule has 0 aliphatic carbocycles. The molecule has 2 heterocycles. The molecule has 1 aromatic rings. The lowest BCUT2D eigenvalue weighted by Crippen LogP contribution is -2.42. The van der Waals surface area contributed by atoms with E-state index in [-0.39, 0.29) is 18.4 Å². The summed E-state index contributed by atoms with van der Waals surface area (Å²) in [6.45, 7) is 7.37. The molecule has 5 nitrogen and oxygen atoms in total. The van der Waals surface area contributed by atoms with E-state index in [0.29, 0.717) is 10.7 Å². The standard InChI is InChI=1S/C17H23N3O2S.ClH/c1-11-4-5-14(10-12(11)2)16-13(3)17(19-23(16,21)22)20-8-6-15(18)7-9-20;/h4-5,10,15H,6-9,18H2,1-3H3;1H. The fourth-order valence-electron chi connectivity index (χ4n) is 3.18. The molecule has 0 amide bonds. The van der Waals surface area contributed by atoms with Gasteiger partial charge in [0, 0.05) is 24.7 Å². The molecule has 0 atom stereocenters. The van der Waals surface area contributed by atoms with Crippen LogP contribution in [0.3, 0.4) is 0 Å². The fourth-order valence-corrected chi connectivity index (χ4v) is 4.65. The topological polar surface area (TPSA) is 75.8 Å². The van der Waals surface area contributed by atoms with E-state index in [1.807, 2.05) is 43.9 Å². The third kappa shape index (κ3) is 3.36. The van der Waals surface area contributed by atoms with Crippen molar-refractivity contribution in [2.75, 3.05) is 13.1 Å². The first-order chi connectivity index (χ1) is 10.8. The predicted octanol–water partition coefficient (Wildman–Crippen LogP) is 2.62. The van der Waals surface area contributed by atoms with Gasteiger partial charge in [-0.2, -0.15) is 8.42 Å². The zero-order valence-electron chi connectivity index (χ0n) is 14.2. The molecule has 0 radical (unpaired) electrons. The maximum atomic E-state index is 12.6. The number of benzene rings is 1. The monoisotopic (exact) mass is 369 g/mol. The number of rotatable bonds is 1. The van der Waals surface area contributed by atoms with Gasteiger partial charge in [0.05, 0.1) is 0 Å². The second-order valence-electron chi connectivity index (χ2n) is 6.47. The molecule has 2 aliphatic rings. The van der Waals surface area contributed by atoms with Crippen LogP contribution in [0.25, 0.3) is 4.91 Å². The number of hydrogen-bond donors (Lipinski definition) is 1. The molecular formula is C17H24ClN3O2S. The second-order valence-corrected chi connectivity index (χ2v) is 8.01. The van der Waals surface area contributed by atoms with E-state index >= 15 is 0 Å². The van der Waals surface area contributed by atoms with Gasteiger partial charge in [0.15, 0.2) is 0 Å². The summed E-state index contributed by atoms with van der Waals surface area (Å²) in [5.74, 6) is 0.588. The van der Waals surface area contributed by atoms with Crippen LogP contribution in [-0.2, 0) is 10.0 Å². The van der Waals surface area contributed by atoms with Gasteiger partial charge < -0.3 is 10.6 Å². The number of sulfonamides is 1. The Labute approximate surface area is 150 Å². The van der Waals surface area contributed by atoms with Crippen LogP contribution < -0.4 is 5.73 Å². The average molecular weight is 370 g/mol. The molecule has 2 N–H and O–H groups in total. The van der Waals surface area contributed by atoms with Crippen molar-refractivity contribution in [1.82, 2.24) is 4.90 Å². The molecule has 0 aromatic heterocycles. The minimum Gasteiger partial charge on any atom is -0.356 e. The van der Waals surface area contributed by atoms with E-state index in [4.69, 9.17) is 5.73 Å². The predicted molar refractivity (Wildman–Crippen MR) is 101 cm³/mol. The largest absolute Gasteiger partial charge is 0.356 e. The maximum Gasteiger partial charge on any atom is 0.285 e. The maximum absolute atomic E-state index is 12.6. The van der Waals surface area contributed by atoms with Crippen molar-refractivity contribution in [1.29, 1.82) is 0 Å². The van der Waals surface area contributed by atoms with E-state index in [1.54, 1.807) is 0 Å². The van der Waals surface area contributed by atoms with Gasteiger partial charge in [-0.1, -0.05) is 18.2 Å². The van der Waals surface area contributed by atoms with Crippen LogP contribution in [0.1, 0.15) is 36.5 Å². The Morgan fingerprint density at radius 1 is 1.12 bits per heavy atom. The van der Waals surface area contributed by atoms with Gasteiger partial charge in [0.2, 0.25) is 0 Å². The number of nitrogens with zero attached hydrogens (tertiary/aromatic N) is 2. The van der Waals surface area contributed by atoms with Crippen LogP contribution in [0.5, 0.6) is 0 Å². The van der Waals surface area contributed by atoms with Crippen molar-refractivity contribution in [3.63, 3.8) is 0 Å². The molecule has 3 rings (SSSR count). The molecule has 0 bridgehead atoms. The normalized spacial score (nSPS) is 20.8. The number of nitrogens with two attached hydrogens (primary N) is 1. The van der Waals surface area contributed by atoms with Crippen molar-refractivity contribution in [2.45, 2.75) is 39.7 Å². The van der Waals surface area contributed by atoms with Crippen molar-refractivity contribution in [2.24, 2.45) is 10.1 Å². The summed E-state index contributed by atoms with van der Waals surface area (Å²) >= 11 is 0. The third-order valence-electron chi connectivity index (χ3n) is 4.75. The summed E-state index contributed by atoms with van der Waals surface area (Å²) in [6.07, 6.45) is 1.73. The summed E-state index contributed by atoms with van der Waals surface area (Å²) in [5, 5.41) is 0. The molecule has 1 saturated heterocycles. The zero-order chi connectivity index (χ0) is 16.8. The molecule has 24 heavy (non-hydrogen) atoms. The number of halogens is 1. The van der Waals surface area contributed by atoms with Gasteiger partial charge in [-0.15, -0.1) is 16.8 Å². The second kappa shape index (κ2) is 6.86.